The van der Waals surface area contributed by atoms with Crippen LogP contribution >= 0.6 is 12.2 Å². The first-order valence-electron chi connectivity index (χ1n) is 7.13. The van der Waals surface area contributed by atoms with Crippen LogP contribution in [0.3, 0.4) is 0 Å². The number of hydrazine groups is 1. The molecule has 120 valence electrons. The summed E-state index contributed by atoms with van der Waals surface area (Å²) in [5, 5.41) is 2.49. The second-order valence-electron chi connectivity index (χ2n) is 4.70. The third-order valence-electron chi connectivity index (χ3n) is 2.92. The number of rotatable bonds is 8. The Labute approximate surface area is 135 Å². The van der Waals surface area contributed by atoms with Crippen LogP contribution in [0.2, 0.25) is 0 Å². The van der Waals surface area contributed by atoms with Crippen LogP contribution in [-0.4, -0.2) is 23.4 Å². The van der Waals surface area contributed by atoms with E-state index in [1.54, 1.807) is 31.2 Å². The van der Waals surface area contributed by atoms with Gasteiger partial charge in [0.25, 0.3) is 0 Å². The summed E-state index contributed by atoms with van der Waals surface area (Å²) in [5.41, 5.74) is 5.45. The maximum Gasteiger partial charge on any atom is 0.236 e. The highest BCUT2D eigenvalue weighted by atomic mass is 32.1. The van der Waals surface area contributed by atoms with Gasteiger partial charge in [0.2, 0.25) is 5.91 Å². The van der Waals surface area contributed by atoms with E-state index < -0.39 is 11.8 Å². The lowest BCUT2D eigenvalue weighted by molar-refractivity contribution is -0.121. The molecule has 0 aliphatic carbocycles. The average molecular weight is 323 g/mol. The Morgan fingerprint density at radius 2 is 1.95 bits per heavy atom. The fourth-order valence-corrected chi connectivity index (χ4v) is 1.72. The van der Waals surface area contributed by atoms with E-state index in [0.717, 1.165) is 12.8 Å². The zero-order chi connectivity index (χ0) is 16.4. The summed E-state index contributed by atoms with van der Waals surface area (Å²) >= 11 is 4.93. The van der Waals surface area contributed by atoms with E-state index in [1.165, 1.54) is 0 Å². The van der Waals surface area contributed by atoms with Crippen LogP contribution in [-0.2, 0) is 9.63 Å². The number of Topliss-reactive ketones (excluding diaryl/α,β-unsaturated/α-hetero) is 1. The van der Waals surface area contributed by atoms with Crippen LogP contribution in [0.1, 0.15) is 37.0 Å². The van der Waals surface area contributed by atoms with Crippen molar-refractivity contribution in [1.29, 1.82) is 0 Å². The number of ketones is 1. The molecule has 0 fully saturated rings. The van der Waals surface area contributed by atoms with Crippen LogP contribution in [0.25, 0.3) is 0 Å². The fraction of sp³-hybridized carbons (Fsp3) is 0.400. The van der Waals surface area contributed by atoms with Crippen LogP contribution in [0.4, 0.5) is 0 Å². The average Bonchev–Trinajstić information content (AvgIpc) is 2.54. The van der Waals surface area contributed by atoms with Crippen LogP contribution in [0.15, 0.2) is 30.3 Å². The molecule has 0 heterocycles. The molecule has 3 N–H and O–H groups in total. The maximum atomic E-state index is 12.1. The molecule has 1 amide bonds. The molecule has 0 bridgehead atoms. The topological polar surface area (TPSA) is 79.5 Å². The molecule has 0 aliphatic heterocycles. The van der Waals surface area contributed by atoms with Gasteiger partial charge in [-0.05, 0) is 25.6 Å². The zero-order valence-electron chi connectivity index (χ0n) is 12.7. The van der Waals surface area contributed by atoms with Crippen LogP contribution < -0.4 is 16.3 Å². The molecule has 1 aromatic rings. The van der Waals surface area contributed by atoms with Crippen molar-refractivity contribution in [3.05, 3.63) is 35.9 Å². The normalized spacial score (nSPS) is 11.5. The Balaban J connectivity index is 2.37. The van der Waals surface area contributed by atoms with Crippen molar-refractivity contribution >= 4 is 29.0 Å². The monoisotopic (exact) mass is 323 g/mol. The van der Waals surface area contributed by atoms with E-state index in [-0.39, 0.29) is 10.9 Å². The van der Waals surface area contributed by atoms with Crippen molar-refractivity contribution in [2.45, 2.75) is 26.7 Å². The van der Waals surface area contributed by atoms with Crippen molar-refractivity contribution < 1.29 is 14.4 Å². The summed E-state index contributed by atoms with van der Waals surface area (Å²) in [7, 11) is 0. The summed E-state index contributed by atoms with van der Waals surface area (Å²) in [6.45, 7) is 4.12. The van der Waals surface area contributed by atoms with Gasteiger partial charge in [0.1, 0.15) is 0 Å². The minimum atomic E-state index is -0.830. The van der Waals surface area contributed by atoms with E-state index in [2.05, 4.69) is 16.3 Å². The van der Waals surface area contributed by atoms with Crippen molar-refractivity contribution in [2.75, 3.05) is 6.61 Å². The molecule has 1 rings (SSSR count). The van der Waals surface area contributed by atoms with E-state index in [4.69, 9.17) is 17.1 Å². The van der Waals surface area contributed by atoms with E-state index >= 15 is 0 Å². The van der Waals surface area contributed by atoms with Crippen molar-refractivity contribution in [2.24, 2.45) is 5.92 Å². The summed E-state index contributed by atoms with van der Waals surface area (Å²) < 4.78 is 0. The van der Waals surface area contributed by atoms with Gasteiger partial charge in [-0.1, -0.05) is 43.7 Å². The summed E-state index contributed by atoms with van der Waals surface area (Å²) in [6, 6.07) is 8.66. The second-order valence-corrected chi connectivity index (χ2v) is 5.11. The lowest BCUT2D eigenvalue weighted by Crippen LogP contribution is -2.48. The molecule has 0 saturated carbocycles. The van der Waals surface area contributed by atoms with E-state index in [0.29, 0.717) is 12.2 Å². The first kappa shape index (κ1) is 18.2. The lowest BCUT2D eigenvalue weighted by atomic mass is 9.99. The Kier molecular flexibility index (Phi) is 8.27. The molecule has 0 saturated heterocycles. The van der Waals surface area contributed by atoms with Crippen molar-refractivity contribution in [3.63, 3.8) is 0 Å². The number of unbranched alkanes of at least 4 members (excludes halogenated alkanes) is 1. The molecular formula is C15H21N3O3S. The smallest absolute Gasteiger partial charge is 0.236 e. The molecule has 7 heteroatoms. The Morgan fingerprint density at radius 3 is 2.59 bits per heavy atom. The van der Waals surface area contributed by atoms with Gasteiger partial charge in [0, 0.05) is 5.56 Å². The minimum absolute atomic E-state index is 0.0502. The molecule has 6 nitrogen and oxygen atoms in total. The van der Waals surface area contributed by atoms with Crippen LogP contribution in [0.5, 0.6) is 0 Å². The fourth-order valence-electron chi connectivity index (χ4n) is 1.57. The number of carbonyl (C=O) groups excluding carboxylic acids is 2. The Morgan fingerprint density at radius 1 is 1.27 bits per heavy atom. The highest BCUT2D eigenvalue weighted by Gasteiger charge is 2.23. The largest absolute Gasteiger partial charge is 0.301 e. The lowest BCUT2D eigenvalue weighted by Gasteiger charge is -2.13. The van der Waals surface area contributed by atoms with E-state index in [9.17, 15) is 9.59 Å². The molecule has 0 aromatic heterocycles. The third kappa shape index (κ3) is 6.30. The van der Waals surface area contributed by atoms with Gasteiger partial charge >= 0.3 is 0 Å². The molecule has 22 heavy (non-hydrogen) atoms. The van der Waals surface area contributed by atoms with Gasteiger partial charge in [0.05, 0.1) is 12.5 Å². The third-order valence-corrected chi connectivity index (χ3v) is 3.12. The Bertz CT molecular complexity index is 508. The predicted octanol–water partition coefficient (Wildman–Crippen LogP) is 1.73. The SMILES string of the molecule is CCCCONNC(=S)NC(=O)C(C)C(=O)c1ccccc1. The number of hydrogen-bond donors (Lipinski definition) is 3. The number of carbonyl (C=O) groups is 2. The molecule has 0 radical (unpaired) electrons. The highest BCUT2D eigenvalue weighted by molar-refractivity contribution is 7.80. The van der Waals surface area contributed by atoms with E-state index in [1.807, 2.05) is 13.0 Å². The van der Waals surface area contributed by atoms with Crippen LogP contribution in [0, 0.1) is 5.92 Å². The van der Waals surface area contributed by atoms with Gasteiger partial charge in [0.15, 0.2) is 10.9 Å². The molecular weight excluding hydrogens is 302 g/mol. The van der Waals surface area contributed by atoms with Gasteiger partial charge in [-0.3, -0.25) is 19.9 Å². The number of thiocarbonyl (C=S) groups is 1. The molecule has 1 unspecified atom stereocenters. The van der Waals surface area contributed by atoms with Crippen molar-refractivity contribution in [1.82, 2.24) is 16.3 Å². The first-order valence-corrected chi connectivity index (χ1v) is 7.54. The molecule has 0 aliphatic rings. The second kappa shape index (κ2) is 9.99. The van der Waals surface area contributed by atoms with Gasteiger partial charge in [-0.15, -0.1) is 5.59 Å². The quantitative estimate of drug-likeness (QED) is 0.222. The zero-order valence-corrected chi connectivity index (χ0v) is 13.5. The molecule has 1 atom stereocenters. The van der Waals surface area contributed by atoms with Crippen molar-refractivity contribution in [3.8, 4) is 0 Å². The summed E-state index contributed by atoms with van der Waals surface area (Å²) in [4.78, 5) is 29.1. The highest BCUT2D eigenvalue weighted by Crippen LogP contribution is 2.08. The first-order chi connectivity index (χ1) is 10.6. The van der Waals surface area contributed by atoms with Gasteiger partial charge in [-0.25, -0.2) is 0 Å². The number of hydrogen-bond acceptors (Lipinski definition) is 5. The van der Waals surface area contributed by atoms with Gasteiger partial charge in [-0.2, -0.15) is 0 Å². The summed E-state index contributed by atoms with van der Waals surface area (Å²) in [5.74, 6) is -1.56. The minimum Gasteiger partial charge on any atom is -0.301 e. The number of amides is 1. The number of benzene rings is 1. The molecule has 1 aromatic carbocycles. The predicted molar refractivity (Wildman–Crippen MR) is 87.8 cm³/mol. The maximum absolute atomic E-state index is 12.1. The summed E-state index contributed by atoms with van der Waals surface area (Å²) in [6.07, 6.45) is 1.93. The van der Waals surface area contributed by atoms with Gasteiger partial charge < -0.3 is 5.32 Å². The number of nitrogens with one attached hydrogen (secondary N) is 3. The molecule has 0 spiro atoms. The standard InChI is InChI=1S/C15H21N3O3S/c1-3-4-10-21-18-17-15(22)16-14(20)11(2)13(19)12-8-6-5-7-9-12/h5-9,11,18H,3-4,10H2,1-2H3,(H2,16,17,20,22). The Hall–Kier alpha value is -1.83.